The fourth-order valence-corrected chi connectivity index (χ4v) is 4.92. The summed E-state index contributed by atoms with van der Waals surface area (Å²) in [7, 11) is -3.53. The molecule has 1 aliphatic heterocycles. The first-order valence-corrected chi connectivity index (χ1v) is 9.92. The fraction of sp³-hybridized carbons (Fsp3) is 0.389. The molecule has 4 nitrogen and oxygen atoms in total. The van der Waals surface area contributed by atoms with E-state index in [4.69, 9.17) is 11.6 Å². The van der Waals surface area contributed by atoms with Gasteiger partial charge in [-0.05, 0) is 56.0 Å². The average Bonchev–Trinajstić information content (AvgIpc) is 2.58. The van der Waals surface area contributed by atoms with E-state index in [0.717, 1.165) is 36.0 Å². The Morgan fingerprint density at radius 3 is 2.54 bits per heavy atom. The third-order valence-electron chi connectivity index (χ3n) is 4.50. The van der Waals surface area contributed by atoms with E-state index < -0.39 is 10.0 Å². The Morgan fingerprint density at radius 1 is 1.17 bits per heavy atom. The number of nitrogens with zero attached hydrogens (tertiary/aromatic N) is 2. The molecule has 0 bridgehead atoms. The van der Waals surface area contributed by atoms with E-state index in [0.29, 0.717) is 16.6 Å². The molecule has 1 aromatic heterocycles. The molecule has 0 N–H and O–H groups in total. The number of rotatable bonds is 3. The Kier molecular flexibility index (Phi) is 4.95. The van der Waals surface area contributed by atoms with Crippen molar-refractivity contribution in [1.29, 1.82) is 0 Å². The number of halogens is 1. The number of hydrogen-bond donors (Lipinski definition) is 0. The third-order valence-corrected chi connectivity index (χ3v) is 6.82. The van der Waals surface area contributed by atoms with Crippen molar-refractivity contribution in [2.45, 2.75) is 44.0 Å². The maximum atomic E-state index is 13.1. The van der Waals surface area contributed by atoms with Gasteiger partial charge in [0.05, 0.1) is 10.9 Å². The molecular weight excluding hydrogens is 344 g/mol. The Hall–Kier alpha value is -1.43. The van der Waals surface area contributed by atoms with E-state index in [1.54, 1.807) is 22.6 Å². The summed E-state index contributed by atoms with van der Waals surface area (Å²) in [5.74, 6) is 0. The van der Waals surface area contributed by atoms with Crippen molar-refractivity contribution in [3.63, 3.8) is 0 Å². The summed E-state index contributed by atoms with van der Waals surface area (Å²) in [5.41, 5.74) is 2.82. The highest BCUT2D eigenvalue weighted by atomic mass is 35.5. The van der Waals surface area contributed by atoms with Crippen LogP contribution in [0.25, 0.3) is 0 Å². The van der Waals surface area contributed by atoms with Crippen LogP contribution < -0.4 is 0 Å². The van der Waals surface area contributed by atoms with Gasteiger partial charge in [-0.3, -0.25) is 0 Å². The Bertz CT molecular complexity index is 835. The molecule has 0 aliphatic carbocycles. The maximum Gasteiger partial charge on any atom is 0.243 e. The molecule has 0 radical (unpaired) electrons. The van der Waals surface area contributed by atoms with Crippen LogP contribution in [0.2, 0.25) is 5.15 Å². The molecule has 1 atom stereocenters. The maximum absolute atomic E-state index is 13.1. The van der Waals surface area contributed by atoms with Gasteiger partial charge in [-0.15, -0.1) is 0 Å². The molecule has 1 aliphatic rings. The lowest BCUT2D eigenvalue weighted by Crippen LogP contribution is -2.38. The second-order valence-electron chi connectivity index (χ2n) is 6.32. The number of aromatic nitrogens is 1. The summed E-state index contributed by atoms with van der Waals surface area (Å²) in [6, 6.07) is 8.79. The van der Waals surface area contributed by atoms with Crippen LogP contribution in [0.3, 0.4) is 0 Å². The van der Waals surface area contributed by atoms with Crippen LogP contribution in [-0.4, -0.2) is 24.3 Å². The van der Waals surface area contributed by atoms with Crippen molar-refractivity contribution in [3.05, 3.63) is 58.4 Å². The number of sulfonamides is 1. The van der Waals surface area contributed by atoms with Crippen LogP contribution >= 0.6 is 11.6 Å². The molecule has 1 fully saturated rings. The first-order chi connectivity index (χ1) is 11.4. The highest BCUT2D eigenvalue weighted by Gasteiger charge is 2.34. The average molecular weight is 365 g/mol. The summed E-state index contributed by atoms with van der Waals surface area (Å²) in [6.07, 6.45) is 4.38. The van der Waals surface area contributed by atoms with Crippen LogP contribution in [0, 0.1) is 13.8 Å². The van der Waals surface area contributed by atoms with Gasteiger partial charge in [-0.2, -0.15) is 4.31 Å². The first-order valence-electron chi connectivity index (χ1n) is 8.10. The molecule has 24 heavy (non-hydrogen) atoms. The van der Waals surface area contributed by atoms with Gasteiger partial charge in [0.15, 0.2) is 0 Å². The topological polar surface area (TPSA) is 50.3 Å². The molecule has 0 saturated carbocycles. The number of hydrogen-bond acceptors (Lipinski definition) is 3. The number of piperidine rings is 1. The highest BCUT2D eigenvalue weighted by Crippen LogP contribution is 2.36. The second kappa shape index (κ2) is 6.82. The largest absolute Gasteiger partial charge is 0.244 e. The smallest absolute Gasteiger partial charge is 0.243 e. The van der Waals surface area contributed by atoms with Gasteiger partial charge < -0.3 is 0 Å². The molecule has 2 heterocycles. The summed E-state index contributed by atoms with van der Waals surface area (Å²) in [4.78, 5) is 4.54. The third kappa shape index (κ3) is 3.34. The van der Waals surface area contributed by atoms with E-state index >= 15 is 0 Å². The van der Waals surface area contributed by atoms with Gasteiger partial charge in [-0.25, -0.2) is 13.4 Å². The lowest BCUT2D eigenvalue weighted by molar-refractivity contribution is 0.255. The van der Waals surface area contributed by atoms with Gasteiger partial charge in [0.1, 0.15) is 5.15 Å². The zero-order valence-corrected chi connectivity index (χ0v) is 15.4. The number of aryl methyl sites for hydroxylation is 2. The monoisotopic (exact) mass is 364 g/mol. The summed E-state index contributed by atoms with van der Waals surface area (Å²) in [6.45, 7) is 4.37. The molecule has 0 amide bonds. The molecule has 3 rings (SSSR count). The van der Waals surface area contributed by atoms with Crippen molar-refractivity contribution < 1.29 is 8.42 Å². The van der Waals surface area contributed by atoms with Gasteiger partial charge in [0.2, 0.25) is 10.0 Å². The molecule has 0 spiro atoms. The van der Waals surface area contributed by atoms with Crippen LogP contribution in [0.15, 0.2) is 41.4 Å². The Balaban J connectivity index is 2.00. The quantitative estimate of drug-likeness (QED) is 0.764. The van der Waals surface area contributed by atoms with Crippen molar-refractivity contribution in [2.24, 2.45) is 0 Å². The second-order valence-corrected chi connectivity index (χ2v) is 8.57. The van der Waals surface area contributed by atoms with E-state index in [2.05, 4.69) is 4.98 Å². The molecular formula is C18H21ClN2O2S. The Morgan fingerprint density at radius 2 is 1.88 bits per heavy atom. The van der Waals surface area contributed by atoms with Crippen LogP contribution in [-0.2, 0) is 10.0 Å². The lowest BCUT2D eigenvalue weighted by atomic mass is 9.98. The van der Waals surface area contributed by atoms with Crippen molar-refractivity contribution >= 4 is 21.6 Å². The number of benzene rings is 1. The predicted octanol–water partition coefficient (Wildman–Crippen LogP) is 4.27. The minimum absolute atomic E-state index is 0.187. The summed E-state index contributed by atoms with van der Waals surface area (Å²) < 4.78 is 27.8. The number of pyridine rings is 1. The van der Waals surface area contributed by atoms with E-state index in [9.17, 15) is 8.42 Å². The van der Waals surface area contributed by atoms with Gasteiger partial charge >= 0.3 is 0 Å². The normalized spacial score (nSPS) is 19.4. The van der Waals surface area contributed by atoms with Crippen molar-refractivity contribution in [3.8, 4) is 0 Å². The van der Waals surface area contributed by atoms with Gasteiger partial charge in [0, 0.05) is 12.7 Å². The minimum atomic E-state index is -3.53. The zero-order valence-electron chi connectivity index (χ0n) is 13.9. The molecule has 0 unspecified atom stereocenters. The molecule has 1 aromatic carbocycles. The minimum Gasteiger partial charge on any atom is -0.244 e. The van der Waals surface area contributed by atoms with Crippen LogP contribution in [0.4, 0.5) is 0 Å². The highest BCUT2D eigenvalue weighted by molar-refractivity contribution is 7.89. The summed E-state index contributed by atoms with van der Waals surface area (Å²) >= 11 is 6.01. The molecule has 128 valence electrons. The standard InChI is InChI=1S/C18H21ClN2O2S/c1-13-6-8-16(9-7-13)24(22,23)21-10-4-3-5-17(21)15-11-14(2)18(19)20-12-15/h6-9,11-12,17H,3-5,10H2,1-2H3/t17-/m0/s1. The molecule has 6 heteroatoms. The van der Waals surface area contributed by atoms with E-state index in [1.807, 2.05) is 32.0 Å². The lowest BCUT2D eigenvalue weighted by Gasteiger charge is -2.35. The molecule has 1 saturated heterocycles. The van der Waals surface area contributed by atoms with E-state index in [-0.39, 0.29) is 6.04 Å². The van der Waals surface area contributed by atoms with Crippen LogP contribution in [0.5, 0.6) is 0 Å². The fourth-order valence-electron chi connectivity index (χ4n) is 3.13. The van der Waals surface area contributed by atoms with Crippen molar-refractivity contribution in [2.75, 3.05) is 6.54 Å². The zero-order chi connectivity index (χ0) is 17.3. The van der Waals surface area contributed by atoms with Gasteiger partial charge in [-0.1, -0.05) is 35.7 Å². The SMILES string of the molecule is Cc1ccc(S(=O)(=O)N2CCCC[C@H]2c2cnc(Cl)c(C)c2)cc1. The molecule has 2 aromatic rings. The van der Waals surface area contributed by atoms with Gasteiger partial charge in [0.25, 0.3) is 0 Å². The first kappa shape index (κ1) is 17.4. The van der Waals surface area contributed by atoms with Crippen LogP contribution in [0.1, 0.15) is 42.0 Å². The van der Waals surface area contributed by atoms with Crippen molar-refractivity contribution in [1.82, 2.24) is 9.29 Å². The summed E-state index contributed by atoms with van der Waals surface area (Å²) in [5, 5.41) is 0.461. The van der Waals surface area contributed by atoms with E-state index in [1.165, 1.54) is 0 Å². The Labute approximate surface area is 148 Å². The predicted molar refractivity (Wildman–Crippen MR) is 95.6 cm³/mol.